The summed E-state index contributed by atoms with van der Waals surface area (Å²) in [6, 6.07) is 9.69. The van der Waals surface area contributed by atoms with Gasteiger partial charge in [0.25, 0.3) is 0 Å². The van der Waals surface area contributed by atoms with Gasteiger partial charge in [0, 0.05) is 10.8 Å². The van der Waals surface area contributed by atoms with Gasteiger partial charge in [-0.05, 0) is 16.4 Å². The zero-order valence-corrected chi connectivity index (χ0v) is 18.3. The molecule has 4 nitrogen and oxygen atoms in total. The highest BCUT2D eigenvalue weighted by molar-refractivity contribution is 8.33. The molecule has 1 saturated heterocycles. The zero-order valence-electron chi connectivity index (χ0n) is 15.0. The Kier molecular flexibility index (Phi) is 6.01. The number of carbonyl (C=O) groups is 2. The third-order valence-electron chi connectivity index (χ3n) is 4.43. The largest absolute Gasteiger partial charge is 0.466 e. The van der Waals surface area contributed by atoms with Gasteiger partial charge in [-0.25, -0.2) is 9.59 Å². The maximum atomic E-state index is 12.8. The second-order valence-electron chi connectivity index (χ2n) is 5.95. The quantitative estimate of drug-likeness (QED) is 0.582. The third kappa shape index (κ3) is 3.58. The van der Waals surface area contributed by atoms with Gasteiger partial charge in [0.05, 0.1) is 39.1 Å². The van der Waals surface area contributed by atoms with Crippen molar-refractivity contribution < 1.29 is 19.1 Å². The number of esters is 2. The Bertz CT molecular complexity index is 936. The first-order valence-corrected chi connectivity index (χ1v) is 11.8. The van der Waals surface area contributed by atoms with Crippen LogP contribution >= 0.6 is 47.0 Å². The van der Waals surface area contributed by atoms with E-state index in [4.69, 9.17) is 9.47 Å². The molecule has 28 heavy (non-hydrogen) atoms. The average Bonchev–Trinajstić information content (AvgIpc) is 3.41. The van der Waals surface area contributed by atoms with Gasteiger partial charge in [0.15, 0.2) is 0 Å². The molecule has 0 bridgehead atoms. The molecule has 1 fully saturated rings. The summed E-state index contributed by atoms with van der Waals surface area (Å²) < 4.78 is 12.5. The molecule has 0 radical (unpaired) electrons. The summed E-state index contributed by atoms with van der Waals surface area (Å²) in [6.07, 6.45) is 2.08. The van der Waals surface area contributed by atoms with Gasteiger partial charge in [0.1, 0.15) is 0 Å². The molecule has 0 N–H and O–H groups in total. The highest BCUT2D eigenvalue weighted by Crippen LogP contribution is 2.61. The number of hydrogen-bond donors (Lipinski definition) is 0. The topological polar surface area (TPSA) is 52.6 Å². The SMILES string of the molecule is COC(=O)C1=C(C(=O)OC)[C@@H](c2ccccc2)C=C2SC(=C3SC=CS3)S[C@H]21. The van der Waals surface area contributed by atoms with Crippen molar-refractivity contribution in [3.05, 3.63) is 77.3 Å². The number of benzene rings is 1. The summed E-state index contributed by atoms with van der Waals surface area (Å²) in [6.45, 7) is 0. The normalized spacial score (nSPS) is 23.6. The number of fused-ring (bicyclic) bond motifs is 1. The van der Waals surface area contributed by atoms with Crippen LogP contribution in [-0.4, -0.2) is 31.4 Å². The number of rotatable bonds is 3. The van der Waals surface area contributed by atoms with E-state index in [9.17, 15) is 9.59 Å². The van der Waals surface area contributed by atoms with Crippen LogP contribution in [0.5, 0.6) is 0 Å². The van der Waals surface area contributed by atoms with Crippen molar-refractivity contribution in [2.24, 2.45) is 0 Å². The maximum absolute atomic E-state index is 12.8. The molecular formula is C20H16O4S4. The second-order valence-corrected chi connectivity index (χ2v) is 10.5. The average molecular weight is 449 g/mol. The van der Waals surface area contributed by atoms with E-state index in [2.05, 4.69) is 6.08 Å². The first-order valence-electron chi connectivity index (χ1n) is 8.38. The molecule has 0 aromatic heterocycles. The van der Waals surface area contributed by atoms with Gasteiger partial charge in [-0.1, -0.05) is 71.7 Å². The predicted molar refractivity (Wildman–Crippen MR) is 119 cm³/mol. The van der Waals surface area contributed by atoms with Gasteiger partial charge in [0.2, 0.25) is 0 Å². The van der Waals surface area contributed by atoms with Crippen molar-refractivity contribution in [3.8, 4) is 0 Å². The fourth-order valence-electron chi connectivity index (χ4n) is 3.22. The summed E-state index contributed by atoms with van der Waals surface area (Å²) >= 11 is 6.63. The number of thioether (sulfide) groups is 4. The number of hydrogen-bond acceptors (Lipinski definition) is 8. The fourth-order valence-corrected chi connectivity index (χ4v) is 8.41. The van der Waals surface area contributed by atoms with E-state index in [0.717, 1.165) is 14.7 Å². The van der Waals surface area contributed by atoms with Crippen molar-refractivity contribution in [3.63, 3.8) is 0 Å². The van der Waals surface area contributed by atoms with Crippen molar-refractivity contribution in [1.29, 1.82) is 0 Å². The van der Waals surface area contributed by atoms with Crippen LogP contribution in [0.25, 0.3) is 0 Å². The molecule has 0 saturated carbocycles. The lowest BCUT2D eigenvalue weighted by molar-refractivity contribution is -0.139. The highest BCUT2D eigenvalue weighted by Gasteiger charge is 2.44. The highest BCUT2D eigenvalue weighted by atomic mass is 32.2. The van der Waals surface area contributed by atoms with Gasteiger partial charge in [-0.2, -0.15) is 0 Å². The summed E-state index contributed by atoms with van der Waals surface area (Å²) in [4.78, 5) is 26.6. The van der Waals surface area contributed by atoms with Crippen LogP contribution in [0.2, 0.25) is 0 Å². The van der Waals surface area contributed by atoms with E-state index >= 15 is 0 Å². The molecule has 1 aliphatic carbocycles. The monoisotopic (exact) mass is 448 g/mol. The summed E-state index contributed by atoms with van der Waals surface area (Å²) in [7, 11) is 2.69. The second kappa shape index (κ2) is 8.49. The standard InChI is InChI=1S/C20H16O4S4/c1-23-17(21)14-12(11-6-4-3-5-7-11)10-13-16(15(14)18(22)24-2)28-20(27-13)19-25-8-9-26-19/h3-10,12,16H,1-2H3/t12-,16-/m1/s1. The Labute approximate surface area is 180 Å². The molecule has 2 atom stereocenters. The Hall–Kier alpha value is -1.48. The molecule has 0 amide bonds. The number of carbonyl (C=O) groups excluding carboxylic acids is 2. The Morgan fingerprint density at radius 3 is 2.18 bits per heavy atom. The molecule has 1 aromatic carbocycles. The summed E-state index contributed by atoms with van der Waals surface area (Å²) in [5, 5.41) is 3.85. The fraction of sp³-hybridized carbons (Fsp3) is 0.200. The van der Waals surface area contributed by atoms with Crippen LogP contribution in [0.1, 0.15) is 11.5 Å². The smallest absolute Gasteiger partial charge is 0.335 e. The molecule has 4 rings (SSSR count). The van der Waals surface area contributed by atoms with Crippen LogP contribution in [0.15, 0.2) is 71.7 Å². The Balaban J connectivity index is 1.87. The van der Waals surface area contributed by atoms with E-state index in [1.807, 2.05) is 41.1 Å². The lowest BCUT2D eigenvalue weighted by Gasteiger charge is -2.27. The Morgan fingerprint density at radius 1 is 0.893 bits per heavy atom. The first-order chi connectivity index (χ1) is 13.6. The number of allylic oxidation sites excluding steroid dienone is 1. The van der Waals surface area contributed by atoms with Gasteiger partial charge in [-0.15, -0.1) is 11.8 Å². The van der Waals surface area contributed by atoms with E-state index in [-0.39, 0.29) is 11.2 Å². The van der Waals surface area contributed by atoms with Crippen LogP contribution in [0, 0.1) is 0 Å². The molecular weight excluding hydrogens is 432 g/mol. The van der Waals surface area contributed by atoms with E-state index < -0.39 is 11.9 Å². The lowest BCUT2D eigenvalue weighted by atomic mass is 9.82. The molecule has 2 aliphatic heterocycles. The van der Waals surface area contributed by atoms with E-state index in [1.54, 1.807) is 47.0 Å². The van der Waals surface area contributed by atoms with Crippen LogP contribution in [0.4, 0.5) is 0 Å². The van der Waals surface area contributed by atoms with Crippen molar-refractivity contribution in [2.75, 3.05) is 14.2 Å². The van der Waals surface area contributed by atoms with Crippen molar-refractivity contribution in [2.45, 2.75) is 11.2 Å². The summed E-state index contributed by atoms with van der Waals surface area (Å²) in [5.41, 5.74) is 1.68. The first kappa shape index (κ1) is 19.8. The molecule has 8 heteroatoms. The van der Waals surface area contributed by atoms with Crippen molar-refractivity contribution in [1.82, 2.24) is 0 Å². The molecule has 1 aromatic rings. The minimum atomic E-state index is -0.498. The van der Waals surface area contributed by atoms with Gasteiger partial charge < -0.3 is 9.47 Å². The molecule has 2 heterocycles. The molecule has 0 unspecified atom stereocenters. The predicted octanol–water partition coefficient (Wildman–Crippen LogP) is 5.24. The molecule has 144 valence electrons. The lowest BCUT2D eigenvalue weighted by Crippen LogP contribution is -2.28. The number of ether oxygens (including phenoxy) is 2. The van der Waals surface area contributed by atoms with Crippen LogP contribution in [0.3, 0.4) is 0 Å². The number of methoxy groups -OCH3 is 2. The minimum Gasteiger partial charge on any atom is -0.466 e. The zero-order chi connectivity index (χ0) is 19.7. The van der Waals surface area contributed by atoms with Gasteiger partial charge >= 0.3 is 11.9 Å². The summed E-state index contributed by atoms with van der Waals surface area (Å²) in [5.74, 6) is -1.34. The molecule has 3 aliphatic rings. The molecule has 0 spiro atoms. The van der Waals surface area contributed by atoms with Gasteiger partial charge in [-0.3, -0.25) is 0 Å². The van der Waals surface area contributed by atoms with Crippen LogP contribution in [-0.2, 0) is 19.1 Å². The maximum Gasteiger partial charge on any atom is 0.335 e. The van der Waals surface area contributed by atoms with Crippen molar-refractivity contribution >= 4 is 59.0 Å². The van der Waals surface area contributed by atoms with E-state index in [1.165, 1.54) is 18.5 Å². The minimum absolute atomic E-state index is 0.254. The van der Waals surface area contributed by atoms with Crippen LogP contribution < -0.4 is 0 Å². The Morgan fingerprint density at radius 2 is 1.54 bits per heavy atom. The third-order valence-corrected chi connectivity index (χ3v) is 9.91. The van der Waals surface area contributed by atoms with E-state index in [0.29, 0.717) is 11.1 Å².